The van der Waals surface area contributed by atoms with Crippen LogP contribution in [-0.2, 0) is 9.31 Å². The Morgan fingerprint density at radius 2 is 1.95 bits per heavy atom. The van der Waals surface area contributed by atoms with E-state index in [0.29, 0.717) is 0 Å². The summed E-state index contributed by atoms with van der Waals surface area (Å²) in [7, 11) is -1.05. The van der Waals surface area contributed by atoms with Crippen molar-refractivity contribution in [3.63, 3.8) is 0 Å². The number of hydrogen-bond acceptors (Lipinski definition) is 4. The molecule has 0 aromatic carbocycles. The van der Waals surface area contributed by atoms with E-state index < -0.39 is 61.1 Å². The van der Waals surface area contributed by atoms with Gasteiger partial charge in [-0.25, -0.2) is 4.98 Å². The highest BCUT2D eigenvalue weighted by Crippen LogP contribution is 2.36. The molecule has 0 N–H and O–H groups in total. The van der Waals surface area contributed by atoms with Crippen molar-refractivity contribution in [3.05, 3.63) is 36.4 Å². The maximum Gasteiger partial charge on any atom is 0.516 e. The molecule has 1 aliphatic rings. The second-order valence-electron chi connectivity index (χ2n) is 5.82. The summed E-state index contributed by atoms with van der Waals surface area (Å²) < 4.78 is 75.8. The van der Waals surface area contributed by atoms with E-state index in [1.54, 1.807) is 0 Å². The highest BCUT2D eigenvalue weighted by atomic mass is 16.7. The molecule has 2 aromatic heterocycles. The van der Waals surface area contributed by atoms with Gasteiger partial charge in [-0.1, -0.05) is 0 Å². The van der Waals surface area contributed by atoms with Gasteiger partial charge in [-0.05, 0) is 46.2 Å². The molecule has 0 spiro atoms. The van der Waals surface area contributed by atoms with Gasteiger partial charge < -0.3 is 13.9 Å². The maximum absolute atomic E-state index is 8.44. The van der Waals surface area contributed by atoms with E-state index in [0.717, 1.165) is 4.57 Å². The topological polar surface area (TPSA) is 49.2 Å². The molecule has 5 nitrogen and oxygen atoms in total. The smallest absolute Gasteiger partial charge is 0.398 e. The summed E-state index contributed by atoms with van der Waals surface area (Å²) in [5.41, 5.74) is -2.51. The van der Waals surface area contributed by atoms with Crippen LogP contribution in [0.4, 0.5) is 0 Å². The lowest BCUT2D eigenvalue weighted by Gasteiger charge is -2.32. The molecular formula is C15H20BN3O2. The SMILES string of the molecule is [2H]c1nc([2H])c(C([2H])([2H])[2H])c([2H])c1-n1c([2H])nc(B2OC(C)(C)C(C)(C)O2)c1[2H]. The Labute approximate surface area is 136 Å². The van der Waals surface area contributed by atoms with Crippen molar-refractivity contribution >= 4 is 12.7 Å². The zero-order chi connectivity index (χ0) is 22.1. The summed E-state index contributed by atoms with van der Waals surface area (Å²) in [4.78, 5) is 7.59. The second kappa shape index (κ2) is 4.68. The van der Waals surface area contributed by atoms with Crippen molar-refractivity contribution in [2.45, 2.75) is 45.7 Å². The van der Waals surface area contributed by atoms with Gasteiger partial charge in [0, 0.05) is 16.5 Å². The van der Waals surface area contributed by atoms with Crippen LogP contribution in [0.3, 0.4) is 0 Å². The molecule has 0 amide bonds. The van der Waals surface area contributed by atoms with Gasteiger partial charge >= 0.3 is 7.12 Å². The van der Waals surface area contributed by atoms with Gasteiger partial charge in [0.2, 0.25) is 0 Å². The van der Waals surface area contributed by atoms with E-state index in [4.69, 9.17) is 20.3 Å². The molecule has 0 bridgehead atoms. The number of imidazole rings is 1. The minimum absolute atomic E-state index is 0.0298. The number of nitrogens with zero attached hydrogens (tertiary/aromatic N) is 3. The van der Waals surface area contributed by atoms with E-state index in [-0.39, 0.29) is 11.8 Å². The third kappa shape index (κ3) is 2.49. The van der Waals surface area contributed by atoms with Crippen molar-refractivity contribution in [1.29, 1.82) is 0 Å². The molecule has 1 aliphatic heterocycles. The van der Waals surface area contributed by atoms with Crippen LogP contribution in [0.2, 0.25) is 0 Å². The molecule has 0 aliphatic carbocycles. The molecule has 6 heteroatoms. The van der Waals surface area contributed by atoms with Gasteiger partial charge in [0.05, 0.1) is 40.4 Å². The minimum atomic E-state index is -2.82. The third-order valence-corrected chi connectivity index (χ3v) is 3.77. The van der Waals surface area contributed by atoms with Crippen LogP contribution in [0, 0.1) is 6.85 Å². The molecule has 110 valence electrons. The van der Waals surface area contributed by atoms with Crippen LogP contribution in [0.5, 0.6) is 0 Å². The van der Waals surface area contributed by atoms with Gasteiger partial charge in [0.25, 0.3) is 0 Å². The lowest BCUT2D eigenvalue weighted by molar-refractivity contribution is 0.00578. The molecule has 2 aromatic rings. The highest BCUT2D eigenvalue weighted by Gasteiger charge is 2.52. The number of aromatic nitrogens is 3. The van der Waals surface area contributed by atoms with Gasteiger partial charge in [-0.2, -0.15) is 0 Å². The summed E-state index contributed by atoms with van der Waals surface area (Å²) in [6.45, 7) is 4.46. The normalized spacial score (nSPS) is 26.0. The lowest BCUT2D eigenvalue weighted by Crippen LogP contribution is -2.41. The molecule has 0 unspecified atom stereocenters. The quantitative estimate of drug-likeness (QED) is 0.793. The Morgan fingerprint density at radius 1 is 1.24 bits per heavy atom. The van der Waals surface area contributed by atoms with Crippen LogP contribution in [-0.4, -0.2) is 32.9 Å². The average molecular weight is 293 g/mol. The fraction of sp³-hybridized carbons (Fsp3) is 0.467. The molecule has 0 atom stereocenters. The van der Waals surface area contributed by atoms with E-state index in [1.165, 1.54) is 0 Å². The maximum atomic E-state index is 8.44. The standard InChI is InChI=1S/C15H20BN3O2/c1-11-6-12(8-17-7-11)19-9-13(18-10-19)16-20-14(2,3)15(4,5)21-16/h6-10H,1-5H3/i1D3,6D,7D,8D,9D,10D. The fourth-order valence-corrected chi connectivity index (χ4v) is 1.85. The first-order valence-corrected chi connectivity index (χ1v) is 6.48. The van der Waals surface area contributed by atoms with E-state index in [1.807, 2.05) is 27.7 Å². The molecule has 3 rings (SSSR count). The minimum Gasteiger partial charge on any atom is -0.398 e. The first kappa shape index (κ1) is 7.56. The summed E-state index contributed by atoms with van der Waals surface area (Å²) in [5.74, 6) is 0. The summed E-state index contributed by atoms with van der Waals surface area (Å²) in [6, 6.07) is -0.671. The van der Waals surface area contributed by atoms with Gasteiger partial charge in [-0.3, -0.25) is 4.98 Å². The van der Waals surface area contributed by atoms with Gasteiger partial charge in [0.1, 0.15) is 1.37 Å². The number of pyridine rings is 1. The second-order valence-corrected chi connectivity index (χ2v) is 5.82. The van der Waals surface area contributed by atoms with E-state index in [9.17, 15) is 0 Å². The van der Waals surface area contributed by atoms with Crippen molar-refractivity contribution in [3.8, 4) is 5.69 Å². The zero-order valence-corrected chi connectivity index (χ0v) is 12.2. The molecular weight excluding hydrogens is 265 g/mol. The Bertz CT molecular complexity index is 973. The summed E-state index contributed by atoms with van der Waals surface area (Å²) in [6.07, 6.45) is -2.20. The predicted octanol–water partition coefficient (Wildman–Crippen LogP) is 1.87. The Kier molecular flexibility index (Phi) is 1.68. The molecule has 1 fully saturated rings. The van der Waals surface area contributed by atoms with Crippen LogP contribution in [0.25, 0.3) is 5.69 Å². The largest absolute Gasteiger partial charge is 0.516 e. The molecule has 1 saturated heterocycles. The first-order chi connectivity index (χ1) is 13.1. The van der Waals surface area contributed by atoms with Crippen LogP contribution in [0.1, 0.15) is 44.2 Å². The van der Waals surface area contributed by atoms with Crippen molar-refractivity contribution in [1.82, 2.24) is 14.5 Å². The molecule has 0 saturated carbocycles. The average Bonchev–Trinajstić information content (AvgIpc) is 2.91. The van der Waals surface area contributed by atoms with Crippen LogP contribution < -0.4 is 5.59 Å². The van der Waals surface area contributed by atoms with E-state index >= 15 is 0 Å². The first-order valence-electron chi connectivity index (χ1n) is 10.5. The lowest BCUT2D eigenvalue weighted by atomic mass is 9.86. The van der Waals surface area contributed by atoms with Gasteiger partial charge in [-0.15, -0.1) is 0 Å². The molecule has 3 heterocycles. The van der Waals surface area contributed by atoms with Crippen molar-refractivity contribution < 1.29 is 20.3 Å². The van der Waals surface area contributed by atoms with Crippen molar-refractivity contribution in [2.24, 2.45) is 0 Å². The predicted molar refractivity (Wildman–Crippen MR) is 81.8 cm³/mol. The summed E-state index contributed by atoms with van der Waals surface area (Å²) >= 11 is 0. The summed E-state index contributed by atoms with van der Waals surface area (Å²) in [5, 5.41) is 0. The number of rotatable bonds is 2. The Balaban J connectivity index is 2.19. The molecule has 21 heavy (non-hydrogen) atoms. The van der Waals surface area contributed by atoms with Gasteiger partial charge in [0.15, 0.2) is 0 Å². The van der Waals surface area contributed by atoms with E-state index in [2.05, 4.69) is 9.97 Å². The Morgan fingerprint density at radius 3 is 2.62 bits per heavy atom. The zero-order valence-electron chi connectivity index (χ0n) is 20.2. The fourth-order valence-electron chi connectivity index (χ4n) is 1.85. The number of hydrogen-bond donors (Lipinski definition) is 0. The van der Waals surface area contributed by atoms with Crippen LogP contribution >= 0.6 is 0 Å². The molecule has 0 radical (unpaired) electrons. The Hall–Kier alpha value is -1.66. The third-order valence-electron chi connectivity index (χ3n) is 3.77. The van der Waals surface area contributed by atoms with Crippen molar-refractivity contribution in [2.75, 3.05) is 0 Å². The highest BCUT2D eigenvalue weighted by molar-refractivity contribution is 6.61. The monoisotopic (exact) mass is 293 g/mol. The van der Waals surface area contributed by atoms with Crippen LogP contribution in [0.15, 0.2) is 30.9 Å².